The first-order valence-electron chi connectivity index (χ1n) is 13.1. The van der Waals surface area contributed by atoms with Crippen molar-refractivity contribution in [1.29, 1.82) is 0 Å². The van der Waals surface area contributed by atoms with Gasteiger partial charge in [0, 0.05) is 18.7 Å². The Kier molecular flexibility index (Phi) is 9.05. The Morgan fingerprint density at radius 2 is 1.89 bits per heavy atom. The summed E-state index contributed by atoms with van der Waals surface area (Å²) < 4.78 is 22.3. The molecule has 2 heterocycles. The molecule has 2 atom stereocenters. The van der Waals surface area contributed by atoms with Crippen molar-refractivity contribution in [3.8, 4) is 17.2 Å². The van der Waals surface area contributed by atoms with Crippen molar-refractivity contribution in [2.24, 2.45) is 17.8 Å². The van der Waals surface area contributed by atoms with E-state index in [1.54, 1.807) is 4.90 Å². The third kappa shape index (κ3) is 6.94. The fraction of sp³-hybridized carbons (Fsp3) is 0.433. The number of carbonyl (C=O) groups is 2. The van der Waals surface area contributed by atoms with Gasteiger partial charge in [0.05, 0.1) is 19.6 Å². The number of likely N-dealkylation sites (tertiary alicyclic amines) is 1. The lowest BCUT2D eigenvalue weighted by molar-refractivity contribution is -0.146. The van der Waals surface area contributed by atoms with Gasteiger partial charge in [0.15, 0.2) is 0 Å². The molecule has 8 nitrogen and oxygen atoms in total. The van der Waals surface area contributed by atoms with Gasteiger partial charge < -0.3 is 23.5 Å². The Morgan fingerprint density at radius 3 is 2.63 bits per heavy atom. The molecule has 3 aromatic rings. The molecular formula is C30H36N2O6. The van der Waals surface area contributed by atoms with Gasteiger partial charge in [-0.15, -0.1) is 0 Å². The van der Waals surface area contributed by atoms with Crippen molar-refractivity contribution in [3.63, 3.8) is 0 Å². The van der Waals surface area contributed by atoms with Gasteiger partial charge in [-0.3, -0.25) is 4.79 Å². The van der Waals surface area contributed by atoms with Crippen LogP contribution in [0.5, 0.6) is 5.75 Å². The predicted octanol–water partition coefficient (Wildman–Crippen LogP) is 5.68. The summed E-state index contributed by atoms with van der Waals surface area (Å²) in [6.45, 7) is 7.31. The van der Waals surface area contributed by atoms with Gasteiger partial charge in [-0.1, -0.05) is 44.2 Å². The van der Waals surface area contributed by atoms with Crippen molar-refractivity contribution >= 4 is 12.1 Å². The van der Waals surface area contributed by atoms with Crippen LogP contribution in [0.4, 0.5) is 4.79 Å². The summed E-state index contributed by atoms with van der Waals surface area (Å²) in [7, 11) is 1.39. The van der Waals surface area contributed by atoms with Crippen molar-refractivity contribution in [1.82, 2.24) is 9.88 Å². The number of benzene rings is 2. The number of hydrogen-bond acceptors (Lipinski definition) is 7. The molecular weight excluding hydrogens is 484 g/mol. The first-order valence-corrected chi connectivity index (χ1v) is 13.1. The monoisotopic (exact) mass is 520 g/mol. The quantitative estimate of drug-likeness (QED) is 0.318. The van der Waals surface area contributed by atoms with Crippen LogP contribution in [0.15, 0.2) is 59.0 Å². The van der Waals surface area contributed by atoms with Gasteiger partial charge >= 0.3 is 12.1 Å². The molecule has 0 N–H and O–H groups in total. The summed E-state index contributed by atoms with van der Waals surface area (Å²) >= 11 is 0. The molecule has 2 aromatic carbocycles. The van der Waals surface area contributed by atoms with Gasteiger partial charge in [-0.05, 0) is 61.4 Å². The van der Waals surface area contributed by atoms with E-state index in [1.807, 2.05) is 75.4 Å². The van der Waals surface area contributed by atoms with Crippen molar-refractivity contribution in [3.05, 3.63) is 71.6 Å². The molecule has 0 saturated carbocycles. The average Bonchev–Trinajstić information content (AvgIpc) is 3.53. The average molecular weight is 521 g/mol. The molecule has 0 radical (unpaired) electrons. The SMILES string of the molecule is COC(=O)[C@H]1CN(C(=O)OCC(C)C)C[C@H]1CCc1cccc(OCc2nc(-c3ccccc3)oc2C)c1. The molecule has 0 spiro atoms. The van der Waals surface area contributed by atoms with E-state index in [-0.39, 0.29) is 29.8 Å². The van der Waals surface area contributed by atoms with Crippen LogP contribution in [-0.4, -0.2) is 48.8 Å². The van der Waals surface area contributed by atoms with E-state index in [2.05, 4.69) is 4.98 Å². The highest BCUT2D eigenvalue weighted by molar-refractivity contribution is 5.76. The predicted molar refractivity (Wildman–Crippen MR) is 143 cm³/mol. The molecule has 1 aliphatic heterocycles. The molecule has 8 heteroatoms. The number of nitrogens with zero attached hydrogens (tertiary/aromatic N) is 2. The lowest BCUT2D eigenvalue weighted by atomic mass is 9.90. The van der Waals surface area contributed by atoms with Gasteiger partial charge in [-0.25, -0.2) is 9.78 Å². The third-order valence-electron chi connectivity index (χ3n) is 6.73. The Hall–Kier alpha value is -3.81. The molecule has 0 unspecified atom stereocenters. The van der Waals surface area contributed by atoms with Crippen LogP contribution in [0.3, 0.4) is 0 Å². The number of rotatable bonds is 10. The van der Waals surface area contributed by atoms with E-state index in [1.165, 1.54) is 7.11 Å². The summed E-state index contributed by atoms with van der Waals surface area (Å²) in [5.41, 5.74) is 2.77. The van der Waals surface area contributed by atoms with Crippen LogP contribution in [0.2, 0.25) is 0 Å². The maximum atomic E-state index is 12.5. The molecule has 1 saturated heterocycles. The van der Waals surface area contributed by atoms with Crippen LogP contribution >= 0.6 is 0 Å². The van der Waals surface area contributed by atoms with Crippen molar-refractivity contribution < 1.29 is 28.2 Å². The van der Waals surface area contributed by atoms with Crippen molar-refractivity contribution in [2.75, 3.05) is 26.8 Å². The summed E-state index contributed by atoms with van der Waals surface area (Å²) in [6, 6.07) is 17.7. The highest BCUT2D eigenvalue weighted by atomic mass is 16.6. The summed E-state index contributed by atoms with van der Waals surface area (Å²) in [4.78, 5) is 31.1. The van der Waals surface area contributed by atoms with Gasteiger partial charge in [0.1, 0.15) is 23.8 Å². The Morgan fingerprint density at radius 1 is 1.11 bits per heavy atom. The van der Waals surface area contributed by atoms with E-state index >= 15 is 0 Å². The number of oxazole rings is 1. The molecule has 1 aliphatic rings. The van der Waals surface area contributed by atoms with Gasteiger partial charge in [0.25, 0.3) is 0 Å². The second-order valence-corrected chi connectivity index (χ2v) is 10.1. The molecule has 1 amide bonds. The molecule has 4 rings (SSSR count). The number of methoxy groups -OCH3 is 1. The number of aryl methyl sites for hydroxylation is 2. The van der Waals surface area contributed by atoms with Crippen LogP contribution < -0.4 is 4.74 Å². The molecule has 0 aliphatic carbocycles. The minimum absolute atomic E-state index is 0.00666. The van der Waals surface area contributed by atoms with E-state index in [9.17, 15) is 9.59 Å². The molecule has 202 valence electrons. The molecule has 1 aromatic heterocycles. The standard InChI is InChI=1S/C30H36N2O6/c1-20(2)18-37-30(34)32-16-24(26(17-32)29(33)35-4)14-13-22-9-8-12-25(15-22)36-19-27-21(3)38-28(31-27)23-10-6-5-7-11-23/h5-12,15,20,24,26H,13-14,16-19H2,1-4H3/t24-,26+/m1/s1. The van der Waals surface area contributed by atoms with Gasteiger partial charge in [-0.2, -0.15) is 0 Å². The van der Waals surface area contributed by atoms with E-state index < -0.39 is 0 Å². The summed E-state index contributed by atoms with van der Waals surface area (Å²) in [6.07, 6.45) is 1.11. The second-order valence-electron chi connectivity index (χ2n) is 10.1. The fourth-order valence-corrected chi connectivity index (χ4v) is 4.62. The van der Waals surface area contributed by atoms with Crippen LogP contribution in [0.1, 0.15) is 37.3 Å². The van der Waals surface area contributed by atoms with Crippen LogP contribution in [-0.2, 0) is 27.3 Å². The topological polar surface area (TPSA) is 91.1 Å². The minimum Gasteiger partial charge on any atom is -0.487 e. The molecule has 38 heavy (non-hydrogen) atoms. The highest BCUT2D eigenvalue weighted by Gasteiger charge is 2.40. The lowest BCUT2D eigenvalue weighted by Gasteiger charge is -2.17. The zero-order valence-corrected chi connectivity index (χ0v) is 22.5. The maximum absolute atomic E-state index is 12.5. The second kappa shape index (κ2) is 12.6. The number of amides is 1. The van der Waals surface area contributed by atoms with Gasteiger partial charge in [0.2, 0.25) is 5.89 Å². The number of ether oxygens (including phenoxy) is 3. The first-order chi connectivity index (χ1) is 18.3. The zero-order valence-electron chi connectivity index (χ0n) is 22.5. The van der Waals surface area contributed by atoms with Crippen LogP contribution in [0, 0.1) is 24.7 Å². The highest BCUT2D eigenvalue weighted by Crippen LogP contribution is 2.30. The van der Waals surface area contributed by atoms with E-state index in [4.69, 9.17) is 18.6 Å². The Labute approximate surface area is 223 Å². The van der Waals surface area contributed by atoms with Crippen molar-refractivity contribution in [2.45, 2.75) is 40.2 Å². The summed E-state index contributed by atoms with van der Waals surface area (Å²) in [5, 5.41) is 0. The smallest absolute Gasteiger partial charge is 0.409 e. The largest absolute Gasteiger partial charge is 0.487 e. The zero-order chi connectivity index (χ0) is 27.1. The number of hydrogen-bond donors (Lipinski definition) is 0. The number of carbonyl (C=O) groups excluding carboxylic acids is 2. The lowest BCUT2D eigenvalue weighted by Crippen LogP contribution is -2.31. The Bertz CT molecular complexity index is 1220. The molecule has 1 fully saturated rings. The molecule has 0 bridgehead atoms. The van der Waals surface area contributed by atoms with E-state index in [0.29, 0.717) is 32.2 Å². The van der Waals surface area contributed by atoms with Crippen LogP contribution in [0.25, 0.3) is 11.5 Å². The Balaban J connectivity index is 1.35. The number of esters is 1. The fourth-order valence-electron chi connectivity index (χ4n) is 4.62. The van der Waals surface area contributed by atoms with E-state index in [0.717, 1.165) is 41.2 Å². The first kappa shape index (κ1) is 27.2. The number of aromatic nitrogens is 1. The minimum atomic E-state index is -0.371. The normalized spacial score (nSPS) is 17.0. The maximum Gasteiger partial charge on any atom is 0.409 e. The summed E-state index contributed by atoms with van der Waals surface area (Å²) in [5.74, 6) is 1.64. The third-order valence-corrected chi connectivity index (χ3v) is 6.73.